The molecule has 1 aromatic carbocycles. The Morgan fingerprint density at radius 3 is 2.41 bits per heavy atom. The number of hydrogen-bond acceptors (Lipinski definition) is 6. The highest BCUT2D eigenvalue weighted by molar-refractivity contribution is 5.76. The Morgan fingerprint density at radius 1 is 1.10 bits per heavy atom. The highest BCUT2D eigenvalue weighted by Crippen LogP contribution is 2.39. The first-order chi connectivity index (χ1) is 13.7. The quantitative estimate of drug-likeness (QED) is 0.653. The molecule has 3 rings (SSSR count). The van der Waals surface area contributed by atoms with Crippen LogP contribution in [0.5, 0.6) is 0 Å². The Bertz CT molecular complexity index is 675. The molecule has 0 spiro atoms. The van der Waals surface area contributed by atoms with Crippen molar-refractivity contribution in [3.8, 4) is 0 Å². The van der Waals surface area contributed by atoms with Crippen molar-refractivity contribution in [2.45, 2.75) is 84.6 Å². The van der Waals surface area contributed by atoms with Crippen LogP contribution in [0.1, 0.15) is 53.5 Å². The van der Waals surface area contributed by atoms with Crippen molar-refractivity contribution in [3.63, 3.8) is 0 Å². The molecule has 6 nitrogen and oxygen atoms in total. The van der Waals surface area contributed by atoms with Gasteiger partial charge in [0.05, 0.1) is 25.3 Å². The maximum Gasteiger partial charge on any atom is 0.357 e. The van der Waals surface area contributed by atoms with Crippen LogP contribution in [0.2, 0.25) is 0 Å². The Hall–Kier alpha value is -1.47. The molecule has 2 aliphatic heterocycles. The molecule has 4 atom stereocenters. The van der Waals surface area contributed by atoms with E-state index in [0.717, 1.165) is 12.0 Å². The molecule has 0 N–H and O–H groups in total. The maximum absolute atomic E-state index is 12.7. The van der Waals surface area contributed by atoms with Crippen LogP contribution < -0.4 is 0 Å². The summed E-state index contributed by atoms with van der Waals surface area (Å²) >= 11 is 0. The molecular weight excluding hydrogens is 370 g/mol. The second-order valence-corrected chi connectivity index (χ2v) is 9.30. The third kappa shape index (κ3) is 5.37. The van der Waals surface area contributed by atoms with Gasteiger partial charge in [-0.25, -0.2) is 4.79 Å². The van der Waals surface area contributed by atoms with E-state index < -0.39 is 11.9 Å². The minimum Gasteiger partial charge on any atom is -0.375 e. The van der Waals surface area contributed by atoms with Crippen LogP contribution in [0.4, 0.5) is 0 Å². The normalized spacial score (nSPS) is 27.9. The van der Waals surface area contributed by atoms with Crippen molar-refractivity contribution in [2.24, 2.45) is 11.8 Å². The molecule has 0 saturated carbocycles. The minimum atomic E-state index is -0.795. The Labute approximate surface area is 174 Å². The summed E-state index contributed by atoms with van der Waals surface area (Å²) in [6.07, 6.45) is -0.178. The van der Waals surface area contributed by atoms with Crippen LogP contribution in [0.25, 0.3) is 0 Å². The van der Waals surface area contributed by atoms with Gasteiger partial charge in [0.1, 0.15) is 6.10 Å². The van der Waals surface area contributed by atoms with E-state index in [4.69, 9.17) is 19.0 Å². The van der Waals surface area contributed by atoms with Gasteiger partial charge in [-0.2, -0.15) is 0 Å². The summed E-state index contributed by atoms with van der Waals surface area (Å²) in [5.74, 6) is -0.517. The molecule has 2 aliphatic rings. The van der Waals surface area contributed by atoms with Gasteiger partial charge >= 0.3 is 5.97 Å². The molecule has 2 saturated heterocycles. The zero-order valence-corrected chi connectivity index (χ0v) is 18.5. The lowest BCUT2D eigenvalue weighted by atomic mass is 9.92. The number of hydroxylamine groups is 2. The van der Waals surface area contributed by atoms with Gasteiger partial charge < -0.3 is 19.0 Å². The summed E-state index contributed by atoms with van der Waals surface area (Å²) in [5, 5.41) is 1.84. The van der Waals surface area contributed by atoms with E-state index in [9.17, 15) is 4.79 Å². The van der Waals surface area contributed by atoms with E-state index in [-0.39, 0.29) is 30.1 Å². The summed E-state index contributed by atoms with van der Waals surface area (Å²) in [5.41, 5.74) is 1.12. The number of carbonyl (C=O) groups is 1. The molecule has 6 heteroatoms. The van der Waals surface area contributed by atoms with Crippen molar-refractivity contribution >= 4 is 5.97 Å². The average Bonchev–Trinajstić information content (AvgIpc) is 2.98. The molecule has 0 aromatic heterocycles. The number of fused-ring (bicyclic) bond motifs is 1. The SMILES string of the molecule is CC(C)C[C@H]1[C@@H]2OC(C)(C)O[C@@H]2C(=O)ON1[C@@H](COCc1ccccc1)C(C)C. The number of rotatable bonds is 8. The van der Waals surface area contributed by atoms with Crippen molar-refractivity contribution in [1.82, 2.24) is 5.06 Å². The van der Waals surface area contributed by atoms with Gasteiger partial charge in [0, 0.05) is 0 Å². The van der Waals surface area contributed by atoms with Crippen LogP contribution in [-0.2, 0) is 30.4 Å². The lowest BCUT2D eigenvalue weighted by Gasteiger charge is -2.44. The Kier molecular flexibility index (Phi) is 6.99. The maximum atomic E-state index is 12.7. The molecule has 162 valence electrons. The van der Waals surface area contributed by atoms with Crippen molar-refractivity contribution in [1.29, 1.82) is 0 Å². The van der Waals surface area contributed by atoms with Crippen LogP contribution >= 0.6 is 0 Å². The summed E-state index contributed by atoms with van der Waals surface area (Å²) in [6, 6.07) is 9.94. The minimum absolute atomic E-state index is 0.0697. The first-order valence-corrected chi connectivity index (χ1v) is 10.7. The van der Waals surface area contributed by atoms with Gasteiger partial charge in [0.2, 0.25) is 0 Å². The second-order valence-electron chi connectivity index (χ2n) is 9.30. The molecule has 2 fully saturated rings. The molecule has 29 heavy (non-hydrogen) atoms. The third-order valence-electron chi connectivity index (χ3n) is 5.47. The predicted molar refractivity (Wildman–Crippen MR) is 110 cm³/mol. The van der Waals surface area contributed by atoms with E-state index in [0.29, 0.717) is 19.1 Å². The number of ether oxygens (including phenoxy) is 3. The lowest BCUT2D eigenvalue weighted by molar-refractivity contribution is -0.265. The topological polar surface area (TPSA) is 57.2 Å². The molecule has 1 aromatic rings. The van der Waals surface area contributed by atoms with Gasteiger partial charge in [-0.3, -0.25) is 0 Å². The molecule has 2 heterocycles. The highest BCUT2D eigenvalue weighted by atomic mass is 16.8. The zero-order chi connectivity index (χ0) is 21.2. The highest BCUT2D eigenvalue weighted by Gasteiger charge is 2.56. The van der Waals surface area contributed by atoms with Gasteiger partial charge in [0.15, 0.2) is 11.9 Å². The second kappa shape index (κ2) is 9.13. The van der Waals surface area contributed by atoms with Crippen LogP contribution in [0.3, 0.4) is 0 Å². The Morgan fingerprint density at radius 2 is 1.79 bits per heavy atom. The number of benzene rings is 1. The monoisotopic (exact) mass is 405 g/mol. The fourth-order valence-corrected chi connectivity index (χ4v) is 4.09. The fourth-order valence-electron chi connectivity index (χ4n) is 4.09. The van der Waals surface area contributed by atoms with Crippen LogP contribution in [-0.4, -0.2) is 47.7 Å². The number of nitrogens with zero attached hydrogens (tertiary/aromatic N) is 1. The summed E-state index contributed by atoms with van der Waals surface area (Å²) < 4.78 is 18.0. The molecule has 0 amide bonds. The molecule has 0 unspecified atom stereocenters. The number of carbonyl (C=O) groups excluding carboxylic acids is 1. The largest absolute Gasteiger partial charge is 0.375 e. The predicted octanol–water partition coefficient (Wildman–Crippen LogP) is 3.94. The van der Waals surface area contributed by atoms with E-state index in [1.165, 1.54) is 0 Å². The fraction of sp³-hybridized carbons (Fsp3) is 0.696. The third-order valence-corrected chi connectivity index (χ3v) is 5.47. The van der Waals surface area contributed by atoms with E-state index in [1.807, 2.05) is 49.2 Å². The average molecular weight is 406 g/mol. The van der Waals surface area contributed by atoms with E-state index in [2.05, 4.69) is 27.7 Å². The van der Waals surface area contributed by atoms with Crippen molar-refractivity contribution in [3.05, 3.63) is 35.9 Å². The summed E-state index contributed by atoms with van der Waals surface area (Å²) in [4.78, 5) is 18.6. The van der Waals surface area contributed by atoms with Gasteiger partial charge in [-0.15, -0.1) is 5.06 Å². The molecule has 0 bridgehead atoms. The molecule has 0 radical (unpaired) electrons. The van der Waals surface area contributed by atoms with Crippen LogP contribution in [0.15, 0.2) is 30.3 Å². The van der Waals surface area contributed by atoms with Crippen molar-refractivity contribution in [2.75, 3.05) is 6.61 Å². The molecular formula is C23H35NO5. The van der Waals surface area contributed by atoms with E-state index >= 15 is 0 Å². The zero-order valence-electron chi connectivity index (χ0n) is 18.5. The van der Waals surface area contributed by atoms with E-state index in [1.54, 1.807) is 0 Å². The van der Waals surface area contributed by atoms with Gasteiger partial charge in [-0.1, -0.05) is 58.0 Å². The smallest absolute Gasteiger partial charge is 0.357 e. The molecule has 0 aliphatic carbocycles. The lowest BCUT2D eigenvalue weighted by Crippen LogP contribution is -2.62. The first-order valence-electron chi connectivity index (χ1n) is 10.7. The standard InChI is InChI=1S/C23H35NO5/c1-15(2)12-18-20-21(28-23(5,6)27-20)22(25)29-24(18)19(16(3)4)14-26-13-17-10-8-7-9-11-17/h7-11,15-16,18-21H,12-14H2,1-6H3/t18-,19-,20-,21-/m0/s1. The summed E-state index contributed by atoms with van der Waals surface area (Å²) in [6.45, 7) is 13.3. The van der Waals surface area contributed by atoms with Crippen LogP contribution in [0, 0.1) is 11.8 Å². The van der Waals surface area contributed by atoms with Crippen molar-refractivity contribution < 1.29 is 23.8 Å². The van der Waals surface area contributed by atoms with Gasteiger partial charge in [0.25, 0.3) is 0 Å². The van der Waals surface area contributed by atoms with Gasteiger partial charge in [-0.05, 0) is 37.7 Å². The summed E-state index contributed by atoms with van der Waals surface area (Å²) in [7, 11) is 0. The number of hydrogen-bond donors (Lipinski definition) is 0. The first kappa shape index (κ1) is 22.2. The Balaban J connectivity index is 1.76.